The Kier molecular flexibility index (Phi) is 5.38. The second kappa shape index (κ2) is 7.26. The average molecular weight is 337 g/mol. The SMILES string of the molecule is CCNCc1cccnc1Oc1ccc(OC)cc1Br. The summed E-state index contributed by atoms with van der Waals surface area (Å²) in [7, 11) is 1.63. The summed E-state index contributed by atoms with van der Waals surface area (Å²) >= 11 is 3.47. The average Bonchev–Trinajstić information content (AvgIpc) is 2.48. The van der Waals surface area contributed by atoms with E-state index in [0.717, 1.165) is 28.9 Å². The first kappa shape index (κ1) is 14.8. The lowest BCUT2D eigenvalue weighted by atomic mass is 10.2. The van der Waals surface area contributed by atoms with Crippen LogP contribution in [0.25, 0.3) is 0 Å². The summed E-state index contributed by atoms with van der Waals surface area (Å²) in [6, 6.07) is 9.48. The Labute approximate surface area is 127 Å². The number of aromatic nitrogens is 1. The third-order valence-corrected chi connectivity index (χ3v) is 3.38. The predicted octanol–water partition coefficient (Wildman–Crippen LogP) is 3.75. The van der Waals surface area contributed by atoms with Crippen LogP contribution in [0.4, 0.5) is 0 Å². The molecule has 1 heterocycles. The van der Waals surface area contributed by atoms with E-state index < -0.39 is 0 Å². The van der Waals surface area contributed by atoms with Crippen molar-refractivity contribution in [3.8, 4) is 17.4 Å². The van der Waals surface area contributed by atoms with Crippen LogP contribution in [-0.4, -0.2) is 18.6 Å². The summed E-state index contributed by atoms with van der Waals surface area (Å²) in [4.78, 5) is 4.30. The summed E-state index contributed by atoms with van der Waals surface area (Å²) in [6.45, 7) is 3.70. The Hall–Kier alpha value is -1.59. The fourth-order valence-electron chi connectivity index (χ4n) is 1.71. The zero-order chi connectivity index (χ0) is 14.4. The fraction of sp³-hybridized carbons (Fsp3) is 0.267. The Morgan fingerprint density at radius 1 is 1.30 bits per heavy atom. The lowest BCUT2D eigenvalue weighted by molar-refractivity contribution is 0.411. The van der Waals surface area contributed by atoms with Crippen molar-refractivity contribution in [3.05, 3.63) is 46.6 Å². The molecule has 0 radical (unpaired) electrons. The fourth-order valence-corrected chi connectivity index (χ4v) is 2.14. The van der Waals surface area contributed by atoms with Gasteiger partial charge in [0.05, 0.1) is 11.6 Å². The molecule has 0 aliphatic rings. The molecule has 0 amide bonds. The van der Waals surface area contributed by atoms with E-state index in [1.807, 2.05) is 30.3 Å². The summed E-state index contributed by atoms with van der Waals surface area (Å²) in [5.41, 5.74) is 1.03. The Morgan fingerprint density at radius 2 is 2.15 bits per heavy atom. The molecule has 2 rings (SSSR count). The Balaban J connectivity index is 2.21. The smallest absolute Gasteiger partial charge is 0.223 e. The molecule has 2 aromatic rings. The highest BCUT2D eigenvalue weighted by atomic mass is 79.9. The van der Waals surface area contributed by atoms with Crippen molar-refractivity contribution >= 4 is 15.9 Å². The summed E-state index contributed by atoms with van der Waals surface area (Å²) in [5.74, 6) is 2.10. The molecular formula is C15H17BrN2O2. The molecule has 4 nitrogen and oxygen atoms in total. The molecule has 0 unspecified atom stereocenters. The molecule has 1 aromatic heterocycles. The van der Waals surface area contributed by atoms with E-state index in [1.54, 1.807) is 13.3 Å². The molecule has 0 atom stereocenters. The Morgan fingerprint density at radius 3 is 2.85 bits per heavy atom. The van der Waals surface area contributed by atoms with Crippen LogP contribution < -0.4 is 14.8 Å². The van der Waals surface area contributed by atoms with Crippen molar-refractivity contribution in [2.24, 2.45) is 0 Å². The molecule has 0 saturated heterocycles. The topological polar surface area (TPSA) is 43.4 Å². The second-order valence-corrected chi connectivity index (χ2v) is 5.00. The largest absolute Gasteiger partial charge is 0.497 e. The minimum atomic E-state index is 0.610. The predicted molar refractivity (Wildman–Crippen MR) is 82.4 cm³/mol. The second-order valence-electron chi connectivity index (χ2n) is 4.15. The van der Waals surface area contributed by atoms with E-state index in [1.165, 1.54) is 0 Å². The van der Waals surface area contributed by atoms with Crippen molar-refractivity contribution in [1.29, 1.82) is 0 Å². The standard InChI is InChI=1S/C15H17BrN2O2/c1-3-17-10-11-5-4-8-18-15(11)20-14-7-6-12(19-2)9-13(14)16/h4-9,17H,3,10H2,1-2H3. The van der Waals surface area contributed by atoms with Crippen LogP contribution in [0.1, 0.15) is 12.5 Å². The van der Waals surface area contributed by atoms with E-state index >= 15 is 0 Å². The van der Waals surface area contributed by atoms with Crippen molar-refractivity contribution < 1.29 is 9.47 Å². The van der Waals surface area contributed by atoms with Crippen molar-refractivity contribution in [3.63, 3.8) is 0 Å². The van der Waals surface area contributed by atoms with Crippen LogP contribution in [0.15, 0.2) is 41.0 Å². The molecule has 0 aliphatic heterocycles. The van der Waals surface area contributed by atoms with Gasteiger partial charge < -0.3 is 14.8 Å². The Bertz CT molecular complexity index is 576. The zero-order valence-electron chi connectivity index (χ0n) is 11.5. The lowest BCUT2D eigenvalue weighted by Crippen LogP contribution is -2.12. The van der Waals surface area contributed by atoms with Gasteiger partial charge in [0.1, 0.15) is 11.5 Å². The van der Waals surface area contributed by atoms with E-state index in [0.29, 0.717) is 11.6 Å². The number of rotatable bonds is 6. The first-order chi connectivity index (χ1) is 9.74. The number of ether oxygens (including phenoxy) is 2. The molecule has 1 N–H and O–H groups in total. The molecule has 1 aromatic carbocycles. The molecule has 0 saturated carbocycles. The maximum Gasteiger partial charge on any atom is 0.223 e. The van der Waals surface area contributed by atoms with Gasteiger partial charge in [0.15, 0.2) is 0 Å². The molecule has 0 fully saturated rings. The number of halogens is 1. The van der Waals surface area contributed by atoms with Crippen molar-refractivity contribution in [2.45, 2.75) is 13.5 Å². The van der Waals surface area contributed by atoms with E-state index in [9.17, 15) is 0 Å². The molecule has 0 bridgehead atoms. The number of benzene rings is 1. The highest BCUT2D eigenvalue weighted by molar-refractivity contribution is 9.10. The van der Waals surface area contributed by atoms with E-state index in [2.05, 4.69) is 33.2 Å². The summed E-state index contributed by atoms with van der Waals surface area (Å²) in [5, 5.41) is 3.27. The van der Waals surface area contributed by atoms with Crippen LogP contribution in [0.2, 0.25) is 0 Å². The maximum absolute atomic E-state index is 5.88. The molecular weight excluding hydrogens is 320 g/mol. The number of hydrogen-bond donors (Lipinski definition) is 1. The van der Waals surface area contributed by atoms with E-state index in [4.69, 9.17) is 9.47 Å². The van der Waals surface area contributed by atoms with Crippen LogP contribution in [0.5, 0.6) is 17.4 Å². The zero-order valence-corrected chi connectivity index (χ0v) is 13.1. The number of nitrogens with zero attached hydrogens (tertiary/aromatic N) is 1. The lowest BCUT2D eigenvalue weighted by Gasteiger charge is -2.12. The third-order valence-electron chi connectivity index (χ3n) is 2.76. The number of nitrogens with one attached hydrogen (secondary N) is 1. The molecule has 0 spiro atoms. The monoisotopic (exact) mass is 336 g/mol. The van der Waals surface area contributed by atoms with Gasteiger partial charge in [0.25, 0.3) is 0 Å². The minimum absolute atomic E-state index is 0.610. The van der Waals surface area contributed by atoms with Crippen molar-refractivity contribution in [2.75, 3.05) is 13.7 Å². The number of methoxy groups -OCH3 is 1. The van der Waals surface area contributed by atoms with Gasteiger partial charge in [-0.15, -0.1) is 0 Å². The summed E-state index contributed by atoms with van der Waals surface area (Å²) in [6.07, 6.45) is 1.72. The van der Waals surface area contributed by atoms with Crippen LogP contribution in [0.3, 0.4) is 0 Å². The molecule has 106 valence electrons. The van der Waals surface area contributed by atoms with E-state index in [-0.39, 0.29) is 0 Å². The molecule has 5 heteroatoms. The summed E-state index contributed by atoms with van der Waals surface area (Å²) < 4.78 is 11.9. The van der Waals surface area contributed by atoms with Gasteiger partial charge in [-0.3, -0.25) is 0 Å². The van der Waals surface area contributed by atoms with Gasteiger partial charge in [-0.2, -0.15) is 0 Å². The minimum Gasteiger partial charge on any atom is -0.497 e. The highest BCUT2D eigenvalue weighted by Crippen LogP contribution is 2.33. The third kappa shape index (κ3) is 3.71. The highest BCUT2D eigenvalue weighted by Gasteiger charge is 2.09. The van der Waals surface area contributed by atoms with Crippen LogP contribution >= 0.6 is 15.9 Å². The van der Waals surface area contributed by atoms with Gasteiger partial charge in [-0.05, 0) is 46.7 Å². The molecule has 20 heavy (non-hydrogen) atoms. The van der Waals surface area contributed by atoms with Gasteiger partial charge in [-0.25, -0.2) is 4.98 Å². The van der Waals surface area contributed by atoms with Crippen molar-refractivity contribution in [1.82, 2.24) is 10.3 Å². The normalized spacial score (nSPS) is 10.3. The van der Waals surface area contributed by atoms with Gasteiger partial charge in [0, 0.05) is 18.3 Å². The first-order valence-electron chi connectivity index (χ1n) is 6.40. The maximum atomic E-state index is 5.88. The van der Waals surface area contributed by atoms with Gasteiger partial charge in [0.2, 0.25) is 5.88 Å². The van der Waals surface area contributed by atoms with Gasteiger partial charge >= 0.3 is 0 Å². The number of pyridine rings is 1. The van der Waals surface area contributed by atoms with Crippen LogP contribution in [-0.2, 0) is 6.54 Å². The molecule has 0 aliphatic carbocycles. The van der Waals surface area contributed by atoms with Gasteiger partial charge in [-0.1, -0.05) is 13.0 Å². The quantitative estimate of drug-likeness (QED) is 0.872. The first-order valence-corrected chi connectivity index (χ1v) is 7.20. The number of hydrogen-bond acceptors (Lipinski definition) is 4. The van der Waals surface area contributed by atoms with Crippen LogP contribution in [0, 0.1) is 0 Å².